The molecule has 1 aliphatic rings. The van der Waals surface area contributed by atoms with Gasteiger partial charge in [-0.2, -0.15) is 4.98 Å². The van der Waals surface area contributed by atoms with E-state index in [-0.39, 0.29) is 11.9 Å². The highest BCUT2D eigenvalue weighted by Gasteiger charge is 2.32. The molecule has 0 N–H and O–H groups in total. The Morgan fingerprint density at radius 1 is 1.37 bits per heavy atom. The molecule has 1 aromatic carbocycles. The Bertz CT molecular complexity index is 757. The van der Waals surface area contributed by atoms with Gasteiger partial charge in [0.15, 0.2) is 5.82 Å². The minimum atomic E-state index is 0.0915. The summed E-state index contributed by atoms with van der Waals surface area (Å²) in [5, 5.41) is 4.07. The minimum absolute atomic E-state index is 0.0915. The maximum atomic E-state index is 12.5. The summed E-state index contributed by atoms with van der Waals surface area (Å²) in [6.45, 7) is 9.35. The molecule has 0 radical (unpaired) electrons. The normalized spacial score (nSPS) is 16.6. The third kappa shape index (κ3) is 4.78. The van der Waals surface area contributed by atoms with Crippen LogP contribution in [0.4, 0.5) is 4.79 Å². The van der Waals surface area contributed by atoms with E-state index in [9.17, 15) is 4.79 Å². The summed E-state index contributed by atoms with van der Waals surface area (Å²) < 4.78 is 11.2. The predicted molar refractivity (Wildman–Crippen MR) is 102 cm³/mol. The molecule has 27 heavy (non-hydrogen) atoms. The molecule has 1 aliphatic heterocycles. The molecule has 7 nitrogen and oxygen atoms in total. The first-order valence-electron chi connectivity index (χ1n) is 9.66. The maximum absolute atomic E-state index is 12.5. The first kappa shape index (κ1) is 19.2. The molecule has 2 aromatic rings. The van der Waals surface area contributed by atoms with E-state index in [0.29, 0.717) is 31.3 Å². The molecule has 2 heterocycles. The maximum Gasteiger partial charge on any atom is 0.320 e. The topological polar surface area (TPSA) is 71.7 Å². The van der Waals surface area contributed by atoms with Crippen molar-refractivity contribution in [2.75, 3.05) is 32.8 Å². The Morgan fingerprint density at radius 3 is 2.93 bits per heavy atom. The van der Waals surface area contributed by atoms with Gasteiger partial charge in [0.1, 0.15) is 5.75 Å². The molecule has 7 heteroatoms. The van der Waals surface area contributed by atoms with Crippen LogP contribution in [0.5, 0.6) is 5.75 Å². The average molecular weight is 372 g/mol. The molecule has 1 fully saturated rings. The zero-order valence-corrected chi connectivity index (χ0v) is 16.4. The fraction of sp³-hybridized carbons (Fsp3) is 0.550. The van der Waals surface area contributed by atoms with Crippen LogP contribution in [0.3, 0.4) is 0 Å². The number of amides is 2. The van der Waals surface area contributed by atoms with Crippen molar-refractivity contribution in [2.24, 2.45) is 0 Å². The van der Waals surface area contributed by atoms with Crippen LogP contribution in [0.15, 0.2) is 28.8 Å². The first-order valence-corrected chi connectivity index (χ1v) is 9.66. The minimum Gasteiger partial charge on any atom is -0.493 e. The van der Waals surface area contributed by atoms with E-state index in [1.807, 2.05) is 54.8 Å². The molecule has 1 atom stereocenters. The molecule has 1 aromatic heterocycles. The van der Waals surface area contributed by atoms with E-state index >= 15 is 0 Å². The summed E-state index contributed by atoms with van der Waals surface area (Å²) in [6.07, 6.45) is 1.45. The summed E-state index contributed by atoms with van der Waals surface area (Å²) in [4.78, 5) is 20.7. The van der Waals surface area contributed by atoms with E-state index in [2.05, 4.69) is 10.1 Å². The number of ether oxygens (including phenoxy) is 1. The van der Waals surface area contributed by atoms with Crippen LogP contribution in [-0.2, 0) is 6.42 Å². The molecule has 0 saturated carbocycles. The average Bonchev–Trinajstić information content (AvgIpc) is 3.32. The summed E-state index contributed by atoms with van der Waals surface area (Å²) in [7, 11) is 0. The van der Waals surface area contributed by atoms with Gasteiger partial charge in [0, 0.05) is 32.6 Å². The highest BCUT2D eigenvalue weighted by Crippen LogP contribution is 2.26. The molecule has 1 saturated heterocycles. The number of carbonyl (C=O) groups excluding carboxylic acids is 1. The Labute approximate surface area is 160 Å². The van der Waals surface area contributed by atoms with Crippen molar-refractivity contribution in [1.82, 2.24) is 19.9 Å². The lowest BCUT2D eigenvalue weighted by molar-refractivity contribution is 0.166. The largest absolute Gasteiger partial charge is 0.493 e. The van der Waals surface area contributed by atoms with Crippen molar-refractivity contribution >= 4 is 6.03 Å². The third-order valence-electron chi connectivity index (χ3n) is 4.91. The number of nitrogens with zero attached hydrogens (tertiary/aromatic N) is 4. The summed E-state index contributed by atoms with van der Waals surface area (Å²) in [5.74, 6) is 2.23. The lowest BCUT2D eigenvalue weighted by Gasteiger charge is -2.25. The Morgan fingerprint density at radius 2 is 2.19 bits per heavy atom. The Kier molecular flexibility index (Phi) is 6.32. The molecule has 0 spiro atoms. The summed E-state index contributed by atoms with van der Waals surface area (Å²) in [5.41, 5.74) is 1.17. The highest BCUT2D eigenvalue weighted by atomic mass is 16.5. The van der Waals surface area contributed by atoms with Gasteiger partial charge in [-0.05, 0) is 44.9 Å². The van der Waals surface area contributed by atoms with Gasteiger partial charge in [0.25, 0.3) is 0 Å². The number of aromatic nitrogens is 2. The fourth-order valence-electron chi connectivity index (χ4n) is 3.33. The fourth-order valence-corrected chi connectivity index (χ4v) is 3.33. The van der Waals surface area contributed by atoms with Crippen molar-refractivity contribution in [3.05, 3.63) is 41.5 Å². The van der Waals surface area contributed by atoms with Crippen molar-refractivity contribution in [3.63, 3.8) is 0 Å². The Hall–Kier alpha value is -2.57. The number of likely N-dealkylation sites (tertiary alicyclic amines) is 1. The van der Waals surface area contributed by atoms with E-state index in [0.717, 1.165) is 31.8 Å². The predicted octanol–water partition coefficient (Wildman–Crippen LogP) is 3.25. The van der Waals surface area contributed by atoms with E-state index in [1.54, 1.807) is 0 Å². The van der Waals surface area contributed by atoms with E-state index < -0.39 is 0 Å². The lowest BCUT2D eigenvalue weighted by Crippen LogP contribution is -2.41. The number of rotatable bonds is 7. The molecule has 0 aliphatic carbocycles. The van der Waals surface area contributed by atoms with E-state index in [1.165, 1.54) is 5.56 Å². The van der Waals surface area contributed by atoms with Crippen LogP contribution >= 0.6 is 0 Å². The van der Waals surface area contributed by atoms with Crippen molar-refractivity contribution in [3.8, 4) is 5.75 Å². The molecule has 1 unspecified atom stereocenters. The zero-order chi connectivity index (χ0) is 19.2. The lowest BCUT2D eigenvalue weighted by atomic mass is 10.1. The number of aryl methyl sites for hydroxylation is 1. The van der Waals surface area contributed by atoms with Crippen LogP contribution in [-0.4, -0.2) is 58.8 Å². The first-order chi connectivity index (χ1) is 13.1. The molecular weight excluding hydrogens is 344 g/mol. The third-order valence-corrected chi connectivity index (χ3v) is 4.91. The number of carbonyl (C=O) groups is 1. The van der Waals surface area contributed by atoms with Gasteiger partial charge < -0.3 is 19.1 Å². The number of benzene rings is 1. The van der Waals surface area contributed by atoms with Gasteiger partial charge in [-0.15, -0.1) is 0 Å². The van der Waals surface area contributed by atoms with Crippen molar-refractivity contribution in [2.45, 2.75) is 39.5 Å². The van der Waals surface area contributed by atoms with Gasteiger partial charge in [-0.3, -0.25) is 0 Å². The number of hydrogen-bond donors (Lipinski definition) is 0. The van der Waals surface area contributed by atoms with Gasteiger partial charge in [-0.1, -0.05) is 17.3 Å². The van der Waals surface area contributed by atoms with Crippen LogP contribution in [0, 0.1) is 6.92 Å². The molecule has 3 rings (SSSR count). The zero-order valence-electron chi connectivity index (χ0n) is 16.4. The van der Waals surface area contributed by atoms with Crippen LogP contribution in [0.1, 0.15) is 43.5 Å². The van der Waals surface area contributed by atoms with E-state index in [4.69, 9.17) is 9.26 Å². The van der Waals surface area contributed by atoms with Gasteiger partial charge in [-0.25, -0.2) is 4.79 Å². The molecule has 2 amide bonds. The van der Waals surface area contributed by atoms with Crippen LogP contribution in [0.25, 0.3) is 0 Å². The quantitative estimate of drug-likeness (QED) is 0.746. The van der Waals surface area contributed by atoms with Crippen LogP contribution < -0.4 is 4.74 Å². The Balaban J connectivity index is 1.50. The van der Waals surface area contributed by atoms with Gasteiger partial charge in [0.2, 0.25) is 5.89 Å². The molecule has 146 valence electrons. The van der Waals surface area contributed by atoms with Crippen molar-refractivity contribution in [1.29, 1.82) is 0 Å². The number of hydrogen-bond acceptors (Lipinski definition) is 5. The van der Waals surface area contributed by atoms with Crippen LogP contribution in [0.2, 0.25) is 0 Å². The molecular formula is C20H28N4O3. The summed E-state index contributed by atoms with van der Waals surface area (Å²) >= 11 is 0. The SMILES string of the molecule is CCN(CC)C(=O)N1CCC(c2nc(CCOc3cccc(C)c3)no2)C1. The standard InChI is InChI=1S/C20H28N4O3/c1-4-23(5-2)20(25)24-11-9-16(14-24)19-21-18(22-27-19)10-12-26-17-8-6-7-15(3)13-17/h6-8,13,16H,4-5,9-12,14H2,1-3H3. The highest BCUT2D eigenvalue weighted by molar-refractivity contribution is 5.74. The smallest absolute Gasteiger partial charge is 0.320 e. The second-order valence-electron chi connectivity index (χ2n) is 6.85. The van der Waals surface area contributed by atoms with Gasteiger partial charge in [0.05, 0.1) is 12.5 Å². The number of urea groups is 1. The van der Waals surface area contributed by atoms with Gasteiger partial charge >= 0.3 is 6.03 Å². The van der Waals surface area contributed by atoms with Crippen molar-refractivity contribution < 1.29 is 14.1 Å². The monoisotopic (exact) mass is 372 g/mol. The second-order valence-corrected chi connectivity index (χ2v) is 6.85. The molecule has 0 bridgehead atoms. The second kappa shape index (κ2) is 8.88. The summed E-state index contributed by atoms with van der Waals surface area (Å²) in [6, 6.07) is 8.04.